The molecular formula is C12H18N2O4S. The van der Waals surface area contributed by atoms with Crippen molar-refractivity contribution in [3.63, 3.8) is 0 Å². The van der Waals surface area contributed by atoms with Gasteiger partial charge in [0, 0.05) is 6.54 Å². The molecule has 106 valence electrons. The second kappa shape index (κ2) is 6.53. The Kier molecular flexibility index (Phi) is 5.31. The van der Waals surface area contributed by atoms with Crippen LogP contribution >= 0.6 is 0 Å². The number of amides is 1. The van der Waals surface area contributed by atoms with Crippen LogP contribution in [0, 0.1) is 5.92 Å². The average Bonchev–Trinajstić information content (AvgIpc) is 2.34. The van der Waals surface area contributed by atoms with Crippen LogP contribution in [0.3, 0.4) is 0 Å². The average molecular weight is 286 g/mol. The molecule has 1 rings (SSSR count). The minimum atomic E-state index is -3.73. The van der Waals surface area contributed by atoms with Crippen LogP contribution < -0.4 is 10.0 Å². The highest BCUT2D eigenvalue weighted by Crippen LogP contribution is 2.13. The number of carbonyl (C=O) groups excluding carboxylic acids is 1. The number of benzene rings is 1. The number of carbonyl (C=O) groups is 1. The van der Waals surface area contributed by atoms with Gasteiger partial charge in [0.15, 0.2) is 0 Å². The Balaban J connectivity index is 2.56. The maximum absolute atomic E-state index is 11.8. The molecule has 1 aromatic carbocycles. The quantitative estimate of drug-likeness (QED) is 0.707. The number of aromatic hydroxyl groups is 1. The molecular weight excluding hydrogens is 268 g/mol. The molecule has 0 aromatic heterocycles. The minimum absolute atomic E-state index is 0.00181. The zero-order valence-corrected chi connectivity index (χ0v) is 11.7. The first kappa shape index (κ1) is 15.5. The molecule has 1 amide bonds. The Bertz CT molecular complexity index is 523. The van der Waals surface area contributed by atoms with Crippen LogP contribution in [0.15, 0.2) is 29.2 Å². The fourth-order valence-corrected chi connectivity index (χ4v) is 2.23. The summed E-state index contributed by atoms with van der Waals surface area (Å²) >= 11 is 0. The monoisotopic (exact) mass is 286 g/mol. The summed E-state index contributed by atoms with van der Waals surface area (Å²) in [4.78, 5) is 11.4. The predicted molar refractivity (Wildman–Crippen MR) is 71.1 cm³/mol. The smallest absolute Gasteiger partial charge is 0.241 e. The van der Waals surface area contributed by atoms with Crippen LogP contribution in [0.5, 0.6) is 5.75 Å². The number of sulfonamides is 1. The van der Waals surface area contributed by atoms with E-state index in [0.717, 1.165) is 0 Å². The van der Waals surface area contributed by atoms with E-state index in [1.54, 1.807) is 0 Å². The standard InChI is InChI=1S/C12H18N2O4S/c1-9(2)7-13-12(16)8-14-19(17,18)11-5-3-10(15)4-6-11/h3-6,9,14-15H,7-8H2,1-2H3,(H,13,16). The topological polar surface area (TPSA) is 95.5 Å². The number of nitrogens with one attached hydrogen (secondary N) is 2. The van der Waals surface area contributed by atoms with Gasteiger partial charge in [-0.3, -0.25) is 4.79 Å². The van der Waals surface area contributed by atoms with Gasteiger partial charge in [0.1, 0.15) is 5.75 Å². The summed E-state index contributed by atoms with van der Waals surface area (Å²) < 4.78 is 25.8. The first-order chi connectivity index (χ1) is 8.81. The Morgan fingerprint density at radius 1 is 1.26 bits per heavy atom. The number of phenolic OH excluding ortho intramolecular Hbond substituents is 1. The summed E-state index contributed by atoms with van der Waals surface area (Å²) in [5.74, 6) is -0.0951. The lowest BCUT2D eigenvalue weighted by molar-refractivity contribution is -0.120. The molecule has 0 atom stereocenters. The SMILES string of the molecule is CC(C)CNC(=O)CNS(=O)(=O)c1ccc(O)cc1. The third-order valence-corrected chi connectivity index (χ3v) is 3.69. The fraction of sp³-hybridized carbons (Fsp3) is 0.417. The number of hydrogen-bond donors (Lipinski definition) is 3. The number of rotatable bonds is 6. The lowest BCUT2D eigenvalue weighted by Gasteiger charge is -2.09. The lowest BCUT2D eigenvalue weighted by Crippen LogP contribution is -2.38. The molecule has 0 aliphatic carbocycles. The van der Waals surface area contributed by atoms with E-state index in [-0.39, 0.29) is 23.1 Å². The summed E-state index contributed by atoms with van der Waals surface area (Å²) in [5, 5.41) is 11.7. The highest BCUT2D eigenvalue weighted by Gasteiger charge is 2.15. The maximum Gasteiger partial charge on any atom is 0.241 e. The van der Waals surface area contributed by atoms with Crippen molar-refractivity contribution in [1.29, 1.82) is 0 Å². The van der Waals surface area contributed by atoms with Gasteiger partial charge in [0.25, 0.3) is 0 Å². The summed E-state index contributed by atoms with van der Waals surface area (Å²) in [7, 11) is -3.73. The predicted octanol–water partition coefficient (Wildman–Crippen LogP) is 0.443. The number of phenols is 1. The van der Waals surface area contributed by atoms with Crippen molar-refractivity contribution in [3.05, 3.63) is 24.3 Å². The van der Waals surface area contributed by atoms with Gasteiger partial charge in [-0.25, -0.2) is 13.1 Å². The Morgan fingerprint density at radius 2 is 1.84 bits per heavy atom. The zero-order valence-electron chi connectivity index (χ0n) is 10.9. The normalized spacial score (nSPS) is 11.5. The third-order valence-electron chi connectivity index (χ3n) is 2.28. The molecule has 0 bridgehead atoms. The van der Waals surface area contributed by atoms with E-state index in [4.69, 9.17) is 5.11 Å². The molecule has 6 nitrogen and oxygen atoms in total. The Labute approximate surface area is 112 Å². The van der Waals surface area contributed by atoms with E-state index in [0.29, 0.717) is 12.5 Å². The first-order valence-electron chi connectivity index (χ1n) is 5.86. The number of hydrogen-bond acceptors (Lipinski definition) is 4. The summed E-state index contributed by atoms with van der Waals surface area (Å²) in [5.41, 5.74) is 0. The summed E-state index contributed by atoms with van der Waals surface area (Å²) in [6.45, 7) is 4.08. The van der Waals surface area contributed by atoms with Gasteiger partial charge >= 0.3 is 0 Å². The van der Waals surface area contributed by atoms with Crippen LogP contribution in [0.4, 0.5) is 0 Å². The van der Waals surface area contributed by atoms with Gasteiger partial charge in [-0.2, -0.15) is 0 Å². The van der Waals surface area contributed by atoms with Crippen molar-refractivity contribution in [2.75, 3.05) is 13.1 Å². The van der Waals surface area contributed by atoms with Crippen molar-refractivity contribution in [3.8, 4) is 5.75 Å². The molecule has 0 spiro atoms. The van der Waals surface area contributed by atoms with Crippen molar-refractivity contribution >= 4 is 15.9 Å². The zero-order chi connectivity index (χ0) is 14.5. The van der Waals surface area contributed by atoms with Crippen LogP contribution in [-0.2, 0) is 14.8 Å². The van der Waals surface area contributed by atoms with Crippen molar-refractivity contribution in [1.82, 2.24) is 10.0 Å². The molecule has 0 unspecified atom stereocenters. The highest BCUT2D eigenvalue weighted by atomic mass is 32.2. The van der Waals surface area contributed by atoms with Gasteiger partial charge in [-0.05, 0) is 30.2 Å². The van der Waals surface area contributed by atoms with Gasteiger partial charge in [-0.1, -0.05) is 13.8 Å². The molecule has 0 saturated carbocycles. The molecule has 0 aliphatic rings. The highest BCUT2D eigenvalue weighted by molar-refractivity contribution is 7.89. The van der Waals surface area contributed by atoms with Gasteiger partial charge in [0.2, 0.25) is 15.9 Å². The fourth-order valence-electron chi connectivity index (χ4n) is 1.25. The van der Waals surface area contributed by atoms with Crippen molar-refractivity contribution < 1.29 is 18.3 Å². The van der Waals surface area contributed by atoms with Crippen LogP contribution in [0.2, 0.25) is 0 Å². The lowest BCUT2D eigenvalue weighted by atomic mass is 10.2. The molecule has 0 fully saturated rings. The molecule has 0 radical (unpaired) electrons. The van der Waals surface area contributed by atoms with E-state index >= 15 is 0 Å². The molecule has 1 aromatic rings. The summed E-state index contributed by atoms with van der Waals surface area (Å²) in [6, 6.07) is 5.08. The van der Waals surface area contributed by atoms with Crippen LogP contribution in [0.1, 0.15) is 13.8 Å². The van der Waals surface area contributed by atoms with Gasteiger partial charge < -0.3 is 10.4 Å². The molecule has 3 N–H and O–H groups in total. The van der Waals surface area contributed by atoms with E-state index in [1.165, 1.54) is 24.3 Å². The first-order valence-corrected chi connectivity index (χ1v) is 7.35. The van der Waals surface area contributed by atoms with E-state index in [1.807, 2.05) is 13.8 Å². The largest absolute Gasteiger partial charge is 0.508 e. The Hall–Kier alpha value is -1.60. The molecule has 0 aliphatic heterocycles. The molecule has 19 heavy (non-hydrogen) atoms. The van der Waals surface area contributed by atoms with E-state index in [2.05, 4.69) is 10.0 Å². The maximum atomic E-state index is 11.8. The second-order valence-electron chi connectivity index (χ2n) is 4.52. The molecule has 0 saturated heterocycles. The summed E-state index contributed by atoms with van der Waals surface area (Å²) in [6.07, 6.45) is 0. The van der Waals surface area contributed by atoms with Crippen LogP contribution in [-0.4, -0.2) is 32.5 Å². The van der Waals surface area contributed by atoms with E-state index in [9.17, 15) is 13.2 Å². The molecule has 0 heterocycles. The van der Waals surface area contributed by atoms with Gasteiger partial charge in [0.05, 0.1) is 11.4 Å². The van der Waals surface area contributed by atoms with Crippen LogP contribution in [0.25, 0.3) is 0 Å². The van der Waals surface area contributed by atoms with Crippen molar-refractivity contribution in [2.45, 2.75) is 18.7 Å². The third kappa shape index (κ3) is 5.27. The van der Waals surface area contributed by atoms with E-state index < -0.39 is 10.0 Å². The Morgan fingerprint density at radius 3 is 2.37 bits per heavy atom. The van der Waals surface area contributed by atoms with Gasteiger partial charge in [-0.15, -0.1) is 0 Å². The minimum Gasteiger partial charge on any atom is -0.508 e. The van der Waals surface area contributed by atoms with Crippen molar-refractivity contribution in [2.24, 2.45) is 5.92 Å². The molecule has 7 heteroatoms. The second-order valence-corrected chi connectivity index (χ2v) is 6.28.